The maximum absolute atomic E-state index is 12.2. The third kappa shape index (κ3) is 3.12. The lowest BCUT2D eigenvalue weighted by molar-refractivity contribution is -0.123. The van der Waals surface area contributed by atoms with Crippen LogP contribution < -0.4 is 5.32 Å². The molecule has 116 valence electrons. The van der Waals surface area contributed by atoms with Crippen LogP contribution in [0.4, 0.5) is 5.95 Å². The lowest BCUT2D eigenvalue weighted by atomic mass is 10.2. The first-order valence-corrected chi connectivity index (χ1v) is 6.73. The van der Waals surface area contributed by atoms with E-state index < -0.39 is 18.0 Å². The zero-order valence-electron chi connectivity index (χ0n) is 12.1. The monoisotopic (exact) mass is 312 g/mol. The molecule has 0 fully saturated rings. The van der Waals surface area contributed by atoms with Crippen molar-refractivity contribution >= 4 is 28.9 Å². The van der Waals surface area contributed by atoms with Gasteiger partial charge in [0.1, 0.15) is 11.0 Å². The molecule has 23 heavy (non-hydrogen) atoms. The van der Waals surface area contributed by atoms with Crippen molar-refractivity contribution in [1.82, 2.24) is 25.4 Å². The van der Waals surface area contributed by atoms with E-state index in [-0.39, 0.29) is 11.5 Å². The van der Waals surface area contributed by atoms with Crippen LogP contribution in [0.25, 0.3) is 11.0 Å². The number of rotatable bonds is 4. The predicted octanol–water partition coefficient (Wildman–Crippen LogP) is 0.932. The Balaban J connectivity index is 1.70. The summed E-state index contributed by atoms with van der Waals surface area (Å²) in [7, 11) is 0. The number of H-pyrrole nitrogens is 1. The number of anilines is 1. The molecule has 9 nitrogen and oxygen atoms in total. The van der Waals surface area contributed by atoms with Crippen molar-refractivity contribution in [3.63, 3.8) is 0 Å². The second-order valence-corrected chi connectivity index (χ2v) is 4.61. The van der Waals surface area contributed by atoms with E-state index >= 15 is 0 Å². The molecular weight excluding hydrogens is 300 g/mol. The van der Waals surface area contributed by atoms with Crippen molar-refractivity contribution in [2.45, 2.75) is 13.0 Å². The summed E-state index contributed by atoms with van der Waals surface area (Å²) in [5, 5.41) is 12.7. The number of ether oxygens (including phenoxy) is 1. The van der Waals surface area contributed by atoms with Gasteiger partial charge in [0.2, 0.25) is 5.95 Å². The molecule has 1 amide bonds. The number of para-hydroxylation sites is 1. The highest BCUT2D eigenvalue weighted by Gasteiger charge is 2.21. The van der Waals surface area contributed by atoms with Crippen molar-refractivity contribution in [3.05, 3.63) is 42.2 Å². The fraction of sp³-hybridized carbons (Fsp3) is 0.143. The molecule has 0 aliphatic rings. The number of benzene rings is 1. The van der Waals surface area contributed by atoms with Crippen LogP contribution in [0, 0.1) is 0 Å². The fourth-order valence-corrected chi connectivity index (χ4v) is 1.89. The van der Waals surface area contributed by atoms with Crippen molar-refractivity contribution in [3.8, 4) is 0 Å². The lowest BCUT2D eigenvalue weighted by Crippen LogP contribution is -2.30. The molecule has 0 aliphatic carbocycles. The molecule has 0 radical (unpaired) electrons. The zero-order chi connectivity index (χ0) is 16.2. The van der Waals surface area contributed by atoms with Crippen molar-refractivity contribution in [2.75, 3.05) is 5.32 Å². The van der Waals surface area contributed by atoms with E-state index in [9.17, 15) is 9.59 Å². The Morgan fingerprint density at radius 3 is 2.74 bits per heavy atom. The predicted molar refractivity (Wildman–Crippen MR) is 79.4 cm³/mol. The van der Waals surface area contributed by atoms with E-state index in [2.05, 4.69) is 30.7 Å². The molecule has 2 N–H and O–H groups in total. The van der Waals surface area contributed by atoms with Gasteiger partial charge in [0.05, 0.1) is 5.56 Å². The van der Waals surface area contributed by atoms with E-state index in [1.807, 2.05) is 0 Å². The van der Waals surface area contributed by atoms with Gasteiger partial charge in [-0.3, -0.25) is 10.1 Å². The average Bonchev–Trinajstić information content (AvgIpc) is 3.04. The summed E-state index contributed by atoms with van der Waals surface area (Å²) in [6, 6.07) is 6.54. The first kappa shape index (κ1) is 14.6. The summed E-state index contributed by atoms with van der Waals surface area (Å²) >= 11 is 0. The largest absolute Gasteiger partial charge is 0.449 e. The van der Waals surface area contributed by atoms with Gasteiger partial charge in [-0.15, -0.1) is 0 Å². The highest BCUT2D eigenvalue weighted by atomic mass is 16.5. The molecule has 0 unspecified atom stereocenters. The van der Waals surface area contributed by atoms with Crippen LogP contribution in [0.2, 0.25) is 0 Å². The molecule has 3 rings (SSSR count). The van der Waals surface area contributed by atoms with Gasteiger partial charge in [-0.05, 0) is 25.1 Å². The van der Waals surface area contributed by atoms with Gasteiger partial charge >= 0.3 is 5.97 Å². The Bertz CT molecular complexity index is 848. The van der Waals surface area contributed by atoms with Crippen LogP contribution in [-0.4, -0.2) is 43.4 Å². The van der Waals surface area contributed by atoms with Gasteiger partial charge < -0.3 is 4.74 Å². The summed E-state index contributed by atoms with van der Waals surface area (Å²) in [6.07, 6.45) is 1.96. The van der Waals surface area contributed by atoms with Gasteiger partial charge in [0, 0.05) is 12.4 Å². The Hall–Kier alpha value is -3.36. The molecule has 2 heterocycles. The quantitative estimate of drug-likeness (QED) is 0.687. The summed E-state index contributed by atoms with van der Waals surface area (Å²) in [5.41, 5.74) is 1.15. The Kier molecular flexibility index (Phi) is 3.91. The molecule has 0 saturated carbocycles. The van der Waals surface area contributed by atoms with E-state index in [4.69, 9.17) is 4.74 Å². The molecule has 0 spiro atoms. The van der Waals surface area contributed by atoms with Crippen LogP contribution in [0.5, 0.6) is 0 Å². The number of carbonyl (C=O) groups excluding carboxylic acids is 2. The van der Waals surface area contributed by atoms with Gasteiger partial charge in [-0.2, -0.15) is 15.4 Å². The van der Waals surface area contributed by atoms with E-state index in [1.54, 1.807) is 24.3 Å². The Morgan fingerprint density at radius 2 is 1.96 bits per heavy atom. The number of amides is 1. The van der Waals surface area contributed by atoms with Crippen LogP contribution in [0.1, 0.15) is 17.3 Å². The highest BCUT2D eigenvalue weighted by molar-refractivity contribution is 6.03. The normalized spacial score (nSPS) is 11.9. The van der Waals surface area contributed by atoms with Gasteiger partial charge in [0.25, 0.3) is 5.91 Å². The number of hydrogen-bond donors (Lipinski definition) is 2. The number of nitrogens with one attached hydrogen (secondary N) is 2. The fourth-order valence-electron chi connectivity index (χ4n) is 1.89. The number of hydrogen-bond acceptors (Lipinski definition) is 7. The van der Waals surface area contributed by atoms with Crippen LogP contribution in [-0.2, 0) is 9.53 Å². The van der Waals surface area contributed by atoms with Crippen molar-refractivity contribution < 1.29 is 14.3 Å². The second-order valence-electron chi connectivity index (χ2n) is 4.61. The number of nitrogens with zero attached hydrogens (tertiary/aromatic N) is 4. The minimum atomic E-state index is -1.02. The minimum Gasteiger partial charge on any atom is -0.449 e. The third-order valence-electron chi connectivity index (χ3n) is 3.02. The number of fused-ring (bicyclic) bond motifs is 1. The van der Waals surface area contributed by atoms with E-state index in [0.717, 1.165) is 0 Å². The third-order valence-corrected chi connectivity index (χ3v) is 3.02. The Labute approximate surface area is 130 Å². The highest BCUT2D eigenvalue weighted by Crippen LogP contribution is 2.15. The minimum absolute atomic E-state index is 0.138. The first-order valence-electron chi connectivity index (χ1n) is 6.73. The molecule has 0 bridgehead atoms. The maximum Gasteiger partial charge on any atom is 0.341 e. The van der Waals surface area contributed by atoms with Crippen molar-refractivity contribution in [2.24, 2.45) is 0 Å². The maximum atomic E-state index is 12.2. The summed E-state index contributed by atoms with van der Waals surface area (Å²) in [4.78, 5) is 31.9. The molecular formula is C14H12N6O3. The first-order chi connectivity index (χ1) is 11.1. The lowest BCUT2D eigenvalue weighted by Gasteiger charge is -2.12. The SMILES string of the molecule is C[C@H](OC(=O)c1cccc2n[nH]nc12)C(=O)Nc1ncccn1. The molecule has 0 saturated heterocycles. The van der Waals surface area contributed by atoms with Gasteiger partial charge in [-0.1, -0.05) is 6.07 Å². The molecule has 2 aromatic heterocycles. The second kappa shape index (κ2) is 6.18. The van der Waals surface area contributed by atoms with Crippen molar-refractivity contribution in [1.29, 1.82) is 0 Å². The molecule has 1 aromatic carbocycles. The van der Waals surface area contributed by atoms with Crippen LogP contribution in [0.3, 0.4) is 0 Å². The summed E-state index contributed by atoms with van der Waals surface area (Å²) in [6.45, 7) is 1.46. The van der Waals surface area contributed by atoms with Gasteiger partial charge in [-0.25, -0.2) is 14.8 Å². The van der Waals surface area contributed by atoms with Crippen LogP contribution >= 0.6 is 0 Å². The summed E-state index contributed by atoms with van der Waals surface area (Å²) in [5.74, 6) is -1.06. The number of aromatic nitrogens is 5. The zero-order valence-corrected chi connectivity index (χ0v) is 12.1. The molecule has 1 atom stereocenters. The van der Waals surface area contributed by atoms with Gasteiger partial charge in [0.15, 0.2) is 6.10 Å². The van der Waals surface area contributed by atoms with E-state index in [0.29, 0.717) is 11.0 Å². The number of aromatic amines is 1. The molecule has 3 aromatic rings. The standard InChI is InChI=1S/C14H12N6O3/c1-8(12(21)17-14-15-6-3-7-16-14)23-13(22)9-4-2-5-10-11(9)19-20-18-10/h2-8H,1H3,(H,18,19,20)(H,15,16,17,21)/t8-/m0/s1. The van der Waals surface area contributed by atoms with Crippen LogP contribution in [0.15, 0.2) is 36.7 Å². The number of esters is 1. The molecule has 9 heteroatoms. The number of carbonyl (C=O) groups is 2. The summed E-state index contributed by atoms with van der Waals surface area (Å²) < 4.78 is 5.16. The van der Waals surface area contributed by atoms with E-state index in [1.165, 1.54) is 19.3 Å². The molecule has 0 aliphatic heterocycles. The topological polar surface area (TPSA) is 123 Å². The Morgan fingerprint density at radius 1 is 1.17 bits per heavy atom. The average molecular weight is 312 g/mol. The smallest absolute Gasteiger partial charge is 0.341 e.